The van der Waals surface area contributed by atoms with Crippen molar-refractivity contribution < 1.29 is 13.9 Å². The molecule has 1 unspecified atom stereocenters. The van der Waals surface area contributed by atoms with Gasteiger partial charge in [0.15, 0.2) is 12.0 Å². The van der Waals surface area contributed by atoms with Crippen LogP contribution in [0.4, 0.5) is 4.39 Å². The summed E-state index contributed by atoms with van der Waals surface area (Å²) >= 11 is 5.28. The molecule has 0 saturated carbocycles. The van der Waals surface area contributed by atoms with Crippen molar-refractivity contribution in [2.75, 3.05) is 12.5 Å². The standard InChI is InChI=1S/C11H12ClFO2/c1-2-15-9-5-3-4-8(6-9)11(13)10(14)7-12/h3-6,11H,2,7H2,1H3. The number of rotatable bonds is 5. The van der Waals surface area contributed by atoms with Gasteiger partial charge in [0.05, 0.1) is 12.5 Å². The highest BCUT2D eigenvalue weighted by molar-refractivity contribution is 6.28. The summed E-state index contributed by atoms with van der Waals surface area (Å²) in [5, 5.41) is 0. The molecule has 15 heavy (non-hydrogen) atoms. The van der Waals surface area contributed by atoms with Crippen molar-refractivity contribution in [1.29, 1.82) is 0 Å². The van der Waals surface area contributed by atoms with Crippen LogP contribution < -0.4 is 4.74 Å². The molecule has 0 aromatic heterocycles. The van der Waals surface area contributed by atoms with E-state index >= 15 is 0 Å². The molecule has 1 aromatic rings. The smallest absolute Gasteiger partial charge is 0.186 e. The van der Waals surface area contributed by atoms with E-state index in [1.54, 1.807) is 12.1 Å². The monoisotopic (exact) mass is 230 g/mol. The van der Waals surface area contributed by atoms with Crippen molar-refractivity contribution in [3.63, 3.8) is 0 Å². The third-order valence-corrected chi connectivity index (χ3v) is 2.14. The summed E-state index contributed by atoms with van der Waals surface area (Å²) in [5.74, 6) is -0.398. The largest absolute Gasteiger partial charge is 0.494 e. The minimum atomic E-state index is -1.66. The maximum Gasteiger partial charge on any atom is 0.186 e. The van der Waals surface area contributed by atoms with Gasteiger partial charge < -0.3 is 4.74 Å². The van der Waals surface area contributed by atoms with E-state index in [1.807, 2.05) is 6.92 Å². The number of Topliss-reactive ketones (excluding diaryl/α,β-unsaturated/α-hetero) is 1. The molecule has 0 bridgehead atoms. The molecule has 0 N–H and O–H groups in total. The zero-order chi connectivity index (χ0) is 11.3. The van der Waals surface area contributed by atoms with E-state index in [0.29, 0.717) is 12.4 Å². The minimum absolute atomic E-state index is 0.284. The third-order valence-electron chi connectivity index (χ3n) is 1.88. The normalized spacial score (nSPS) is 12.2. The number of halogens is 2. The van der Waals surface area contributed by atoms with E-state index < -0.39 is 12.0 Å². The number of alkyl halides is 2. The maximum absolute atomic E-state index is 13.5. The molecular formula is C11H12ClFO2. The van der Waals surface area contributed by atoms with Crippen LogP contribution in [-0.4, -0.2) is 18.3 Å². The first-order valence-corrected chi connectivity index (χ1v) is 5.18. The molecule has 2 nitrogen and oxygen atoms in total. The van der Waals surface area contributed by atoms with E-state index in [4.69, 9.17) is 16.3 Å². The molecule has 0 spiro atoms. The molecule has 0 radical (unpaired) electrons. The lowest BCUT2D eigenvalue weighted by Gasteiger charge is -2.08. The summed E-state index contributed by atoms with van der Waals surface area (Å²) < 4.78 is 18.7. The quantitative estimate of drug-likeness (QED) is 0.727. The van der Waals surface area contributed by atoms with Crippen LogP contribution >= 0.6 is 11.6 Å². The lowest BCUT2D eigenvalue weighted by Crippen LogP contribution is -2.09. The summed E-state index contributed by atoms with van der Waals surface area (Å²) in [6, 6.07) is 6.41. The first-order chi connectivity index (χ1) is 7.19. The van der Waals surface area contributed by atoms with E-state index in [2.05, 4.69) is 0 Å². The number of carbonyl (C=O) groups excluding carboxylic acids is 1. The Bertz CT molecular complexity index is 341. The molecular weight excluding hydrogens is 219 g/mol. The number of carbonyl (C=O) groups is 1. The van der Waals surface area contributed by atoms with Crippen molar-refractivity contribution in [2.45, 2.75) is 13.1 Å². The van der Waals surface area contributed by atoms with E-state index in [0.717, 1.165) is 0 Å². The Balaban J connectivity index is 2.84. The second kappa shape index (κ2) is 5.71. The lowest BCUT2D eigenvalue weighted by atomic mass is 10.1. The average molecular weight is 231 g/mol. The van der Waals surface area contributed by atoms with Gasteiger partial charge in [0.25, 0.3) is 0 Å². The van der Waals surface area contributed by atoms with Crippen LogP contribution in [0, 0.1) is 0 Å². The highest BCUT2D eigenvalue weighted by atomic mass is 35.5. The summed E-state index contributed by atoms with van der Waals surface area (Å²) in [6.45, 7) is 2.34. The van der Waals surface area contributed by atoms with Crippen molar-refractivity contribution in [2.24, 2.45) is 0 Å². The molecule has 0 aliphatic rings. The highest BCUT2D eigenvalue weighted by Gasteiger charge is 2.18. The van der Waals surface area contributed by atoms with Gasteiger partial charge in [0, 0.05) is 0 Å². The van der Waals surface area contributed by atoms with Crippen LogP contribution in [-0.2, 0) is 4.79 Å². The number of ketones is 1. The zero-order valence-corrected chi connectivity index (χ0v) is 9.13. The fourth-order valence-electron chi connectivity index (χ4n) is 1.18. The van der Waals surface area contributed by atoms with Gasteiger partial charge in [-0.3, -0.25) is 4.79 Å². The van der Waals surface area contributed by atoms with Gasteiger partial charge in [-0.05, 0) is 24.6 Å². The zero-order valence-electron chi connectivity index (χ0n) is 8.37. The topological polar surface area (TPSA) is 26.3 Å². The molecule has 0 heterocycles. The molecule has 0 aliphatic carbocycles. The molecule has 1 atom stereocenters. The van der Waals surface area contributed by atoms with Crippen molar-refractivity contribution in [1.82, 2.24) is 0 Å². The Morgan fingerprint density at radius 1 is 1.60 bits per heavy atom. The Hall–Kier alpha value is -1.09. The number of ether oxygens (including phenoxy) is 1. The fourth-order valence-corrected chi connectivity index (χ4v) is 1.32. The summed E-state index contributed by atoms with van der Waals surface area (Å²) in [4.78, 5) is 11.0. The van der Waals surface area contributed by atoms with Gasteiger partial charge >= 0.3 is 0 Å². The van der Waals surface area contributed by atoms with Gasteiger partial charge in [-0.25, -0.2) is 4.39 Å². The first kappa shape index (κ1) is 12.0. The maximum atomic E-state index is 13.5. The number of hydrogen-bond acceptors (Lipinski definition) is 2. The van der Waals surface area contributed by atoms with E-state index in [-0.39, 0.29) is 11.4 Å². The van der Waals surface area contributed by atoms with Gasteiger partial charge in [0.2, 0.25) is 0 Å². The first-order valence-electron chi connectivity index (χ1n) is 4.64. The highest BCUT2D eigenvalue weighted by Crippen LogP contribution is 2.23. The van der Waals surface area contributed by atoms with E-state index in [9.17, 15) is 9.18 Å². The molecule has 0 amide bonds. The second-order valence-corrected chi connectivity index (χ2v) is 3.24. The third kappa shape index (κ3) is 3.20. The number of hydrogen-bond donors (Lipinski definition) is 0. The number of benzene rings is 1. The average Bonchev–Trinajstić information content (AvgIpc) is 2.28. The molecule has 82 valence electrons. The van der Waals surface area contributed by atoms with Gasteiger partial charge in [-0.2, -0.15) is 0 Å². The van der Waals surface area contributed by atoms with Crippen LogP contribution in [0.25, 0.3) is 0 Å². The van der Waals surface area contributed by atoms with Crippen molar-refractivity contribution in [3.8, 4) is 5.75 Å². The minimum Gasteiger partial charge on any atom is -0.494 e. The summed E-state index contributed by atoms with van der Waals surface area (Å²) in [7, 11) is 0. The predicted octanol–water partition coefficient (Wildman–Crippen LogP) is 2.90. The predicted molar refractivity (Wildman–Crippen MR) is 57.2 cm³/mol. The summed E-state index contributed by atoms with van der Waals surface area (Å²) in [6.07, 6.45) is -1.66. The fraction of sp³-hybridized carbons (Fsp3) is 0.364. The van der Waals surface area contributed by atoms with Gasteiger partial charge in [-0.15, -0.1) is 11.6 Å². The molecule has 0 saturated heterocycles. The Morgan fingerprint density at radius 3 is 2.93 bits per heavy atom. The van der Waals surface area contributed by atoms with Crippen molar-refractivity contribution >= 4 is 17.4 Å². The Labute approximate surface area is 93.0 Å². The second-order valence-electron chi connectivity index (χ2n) is 2.97. The van der Waals surface area contributed by atoms with Gasteiger partial charge in [0.1, 0.15) is 5.75 Å². The molecule has 4 heteroatoms. The van der Waals surface area contributed by atoms with Crippen molar-refractivity contribution in [3.05, 3.63) is 29.8 Å². The molecule has 1 rings (SSSR count). The van der Waals surface area contributed by atoms with Crippen LogP contribution in [0.1, 0.15) is 18.7 Å². The van der Waals surface area contributed by atoms with Gasteiger partial charge in [-0.1, -0.05) is 12.1 Å². The van der Waals surface area contributed by atoms with Crippen LogP contribution in [0.3, 0.4) is 0 Å². The lowest BCUT2D eigenvalue weighted by molar-refractivity contribution is -0.121. The Morgan fingerprint density at radius 2 is 2.33 bits per heavy atom. The molecule has 1 aromatic carbocycles. The van der Waals surface area contributed by atoms with E-state index in [1.165, 1.54) is 12.1 Å². The summed E-state index contributed by atoms with van der Waals surface area (Å²) in [5.41, 5.74) is 0.284. The Kier molecular flexibility index (Phi) is 4.56. The van der Waals surface area contributed by atoms with Crippen LogP contribution in [0.2, 0.25) is 0 Å². The van der Waals surface area contributed by atoms with Crippen LogP contribution in [0.15, 0.2) is 24.3 Å². The molecule has 0 aliphatic heterocycles. The molecule has 0 fully saturated rings. The SMILES string of the molecule is CCOc1cccc(C(F)C(=O)CCl)c1. The van der Waals surface area contributed by atoms with Crippen LogP contribution in [0.5, 0.6) is 5.75 Å².